The molecular formula is C14H22N2O2. The van der Waals surface area contributed by atoms with Gasteiger partial charge in [-0.05, 0) is 38.3 Å². The molecule has 2 N–H and O–H groups in total. The van der Waals surface area contributed by atoms with Gasteiger partial charge in [-0.2, -0.15) is 0 Å². The topological polar surface area (TPSA) is 56.6 Å². The lowest BCUT2D eigenvalue weighted by molar-refractivity contribution is 0.0449. The Hall–Kier alpha value is -1.13. The van der Waals surface area contributed by atoms with Crippen LogP contribution in [0.5, 0.6) is 0 Å². The zero-order valence-electron chi connectivity index (χ0n) is 11.1. The third-order valence-electron chi connectivity index (χ3n) is 3.54. The summed E-state index contributed by atoms with van der Waals surface area (Å²) < 4.78 is 0. The number of piperidine rings is 1. The standard InChI is InChI=1S/C14H22N2O2/c1-3-13(17)12-6-5-11(9-15-12)16-8-4-7-14(2,18)10-16/h5-6,9,13,17-18H,3-4,7-8,10H2,1-2H3. The summed E-state index contributed by atoms with van der Waals surface area (Å²) in [5, 5.41) is 19.8. The maximum absolute atomic E-state index is 10.1. The highest BCUT2D eigenvalue weighted by Crippen LogP contribution is 2.26. The molecule has 1 saturated heterocycles. The van der Waals surface area contributed by atoms with Crippen molar-refractivity contribution in [1.29, 1.82) is 0 Å². The molecule has 2 heterocycles. The van der Waals surface area contributed by atoms with Crippen molar-refractivity contribution < 1.29 is 10.2 Å². The van der Waals surface area contributed by atoms with E-state index < -0.39 is 11.7 Å². The van der Waals surface area contributed by atoms with Crippen molar-refractivity contribution in [2.75, 3.05) is 18.0 Å². The van der Waals surface area contributed by atoms with Gasteiger partial charge in [0, 0.05) is 13.1 Å². The first kappa shape index (κ1) is 13.3. The van der Waals surface area contributed by atoms with Crippen molar-refractivity contribution in [1.82, 2.24) is 4.98 Å². The van der Waals surface area contributed by atoms with Crippen LogP contribution >= 0.6 is 0 Å². The molecule has 18 heavy (non-hydrogen) atoms. The first-order chi connectivity index (χ1) is 8.52. The van der Waals surface area contributed by atoms with Gasteiger partial charge in [0.05, 0.1) is 29.3 Å². The molecule has 1 fully saturated rings. The SMILES string of the molecule is CCC(O)c1ccc(N2CCCC(C)(O)C2)cn1. The molecule has 0 bridgehead atoms. The average molecular weight is 250 g/mol. The minimum absolute atomic E-state index is 0.483. The summed E-state index contributed by atoms with van der Waals surface area (Å²) in [4.78, 5) is 6.45. The highest BCUT2D eigenvalue weighted by molar-refractivity contribution is 5.45. The van der Waals surface area contributed by atoms with Crippen LogP contribution in [0.3, 0.4) is 0 Å². The quantitative estimate of drug-likeness (QED) is 0.860. The zero-order valence-corrected chi connectivity index (χ0v) is 11.1. The smallest absolute Gasteiger partial charge is 0.0957 e. The van der Waals surface area contributed by atoms with E-state index in [0.717, 1.165) is 25.1 Å². The van der Waals surface area contributed by atoms with Gasteiger partial charge >= 0.3 is 0 Å². The van der Waals surface area contributed by atoms with Gasteiger partial charge in [-0.1, -0.05) is 6.92 Å². The predicted molar refractivity (Wildman–Crippen MR) is 71.6 cm³/mol. The maximum Gasteiger partial charge on any atom is 0.0957 e. The number of aromatic nitrogens is 1. The third kappa shape index (κ3) is 3.00. The van der Waals surface area contributed by atoms with Crippen molar-refractivity contribution in [3.8, 4) is 0 Å². The van der Waals surface area contributed by atoms with Crippen molar-refractivity contribution in [2.45, 2.75) is 44.8 Å². The highest BCUT2D eigenvalue weighted by atomic mass is 16.3. The highest BCUT2D eigenvalue weighted by Gasteiger charge is 2.28. The molecule has 1 aromatic heterocycles. The Kier molecular flexibility index (Phi) is 3.88. The van der Waals surface area contributed by atoms with Crippen LogP contribution in [0.25, 0.3) is 0 Å². The number of rotatable bonds is 3. The summed E-state index contributed by atoms with van der Waals surface area (Å²) in [6, 6.07) is 3.84. The van der Waals surface area contributed by atoms with E-state index in [1.54, 1.807) is 6.20 Å². The van der Waals surface area contributed by atoms with Gasteiger partial charge in [0.15, 0.2) is 0 Å². The fourth-order valence-corrected chi connectivity index (χ4v) is 2.43. The van der Waals surface area contributed by atoms with Crippen LogP contribution in [0.4, 0.5) is 5.69 Å². The minimum atomic E-state index is -0.611. The van der Waals surface area contributed by atoms with Crippen molar-refractivity contribution in [3.05, 3.63) is 24.0 Å². The summed E-state index contributed by atoms with van der Waals surface area (Å²) in [7, 11) is 0. The Morgan fingerprint density at radius 3 is 2.83 bits per heavy atom. The number of nitrogens with zero attached hydrogens (tertiary/aromatic N) is 2. The van der Waals surface area contributed by atoms with E-state index >= 15 is 0 Å². The Bertz CT molecular complexity index is 389. The molecular weight excluding hydrogens is 228 g/mol. The number of anilines is 1. The lowest BCUT2D eigenvalue weighted by atomic mass is 9.95. The van der Waals surface area contributed by atoms with E-state index in [9.17, 15) is 10.2 Å². The first-order valence-electron chi connectivity index (χ1n) is 6.63. The molecule has 0 aromatic carbocycles. The Morgan fingerprint density at radius 2 is 2.28 bits per heavy atom. The third-order valence-corrected chi connectivity index (χ3v) is 3.54. The number of β-amino-alcohol motifs (C(OH)–C–C–N with tert-alkyl or cyclic N) is 1. The van der Waals surface area contributed by atoms with Crippen LogP contribution in [0.2, 0.25) is 0 Å². The van der Waals surface area contributed by atoms with Crippen LogP contribution in [0, 0.1) is 0 Å². The Balaban J connectivity index is 2.09. The molecule has 2 unspecified atom stereocenters. The average Bonchev–Trinajstić information content (AvgIpc) is 2.37. The molecule has 100 valence electrons. The largest absolute Gasteiger partial charge is 0.388 e. The summed E-state index contributed by atoms with van der Waals surface area (Å²) >= 11 is 0. The predicted octanol–water partition coefficient (Wildman–Crippen LogP) is 1.88. The summed E-state index contributed by atoms with van der Waals surface area (Å²) in [5.41, 5.74) is 1.12. The molecule has 2 rings (SSSR count). The van der Waals surface area contributed by atoms with Gasteiger partial charge in [0.25, 0.3) is 0 Å². The second-order valence-electron chi connectivity index (χ2n) is 5.39. The molecule has 0 radical (unpaired) electrons. The number of hydrogen-bond acceptors (Lipinski definition) is 4. The van der Waals surface area contributed by atoms with Gasteiger partial charge < -0.3 is 15.1 Å². The van der Waals surface area contributed by atoms with E-state index in [4.69, 9.17) is 0 Å². The molecule has 0 amide bonds. The van der Waals surface area contributed by atoms with Crippen LogP contribution in [-0.2, 0) is 0 Å². The fourth-order valence-electron chi connectivity index (χ4n) is 2.43. The van der Waals surface area contributed by atoms with E-state index in [1.165, 1.54) is 0 Å². The van der Waals surface area contributed by atoms with Gasteiger partial charge in [0.2, 0.25) is 0 Å². The normalized spacial score (nSPS) is 26.1. The number of pyridine rings is 1. The molecule has 1 aromatic rings. The van der Waals surface area contributed by atoms with Gasteiger partial charge in [-0.3, -0.25) is 4.98 Å². The molecule has 2 atom stereocenters. The van der Waals surface area contributed by atoms with E-state index in [-0.39, 0.29) is 0 Å². The number of aliphatic hydroxyl groups excluding tert-OH is 1. The number of aliphatic hydroxyl groups is 2. The molecule has 0 spiro atoms. The fraction of sp³-hybridized carbons (Fsp3) is 0.643. The zero-order chi connectivity index (χ0) is 13.2. The Morgan fingerprint density at radius 1 is 1.50 bits per heavy atom. The Labute approximate surface area is 108 Å². The maximum atomic E-state index is 10.1. The summed E-state index contributed by atoms with van der Waals surface area (Å²) in [6.45, 7) is 5.40. The van der Waals surface area contributed by atoms with Gasteiger partial charge in [-0.15, -0.1) is 0 Å². The van der Waals surface area contributed by atoms with Gasteiger partial charge in [0.1, 0.15) is 0 Å². The van der Waals surface area contributed by atoms with Crippen molar-refractivity contribution in [2.24, 2.45) is 0 Å². The van der Waals surface area contributed by atoms with Crippen LogP contribution in [-0.4, -0.2) is 33.9 Å². The monoisotopic (exact) mass is 250 g/mol. The van der Waals surface area contributed by atoms with Crippen molar-refractivity contribution in [3.63, 3.8) is 0 Å². The minimum Gasteiger partial charge on any atom is -0.388 e. The molecule has 1 aliphatic heterocycles. The number of hydrogen-bond donors (Lipinski definition) is 2. The molecule has 0 saturated carbocycles. The molecule has 4 heteroatoms. The summed E-state index contributed by atoms with van der Waals surface area (Å²) in [6.07, 6.45) is 3.82. The lowest BCUT2D eigenvalue weighted by Crippen LogP contribution is -2.46. The first-order valence-corrected chi connectivity index (χ1v) is 6.63. The summed E-state index contributed by atoms with van der Waals surface area (Å²) in [5.74, 6) is 0. The molecule has 4 nitrogen and oxygen atoms in total. The van der Waals surface area contributed by atoms with Crippen LogP contribution < -0.4 is 4.90 Å². The van der Waals surface area contributed by atoms with E-state index in [1.807, 2.05) is 26.0 Å². The molecule has 1 aliphatic rings. The van der Waals surface area contributed by atoms with E-state index in [0.29, 0.717) is 18.7 Å². The lowest BCUT2D eigenvalue weighted by Gasteiger charge is -2.38. The second-order valence-corrected chi connectivity index (χ2v) is 5.39. The molecule has 0 aliphatic carbocycles. The second kappa shape index (κ2) is 5.24. The van der Waals surface area contributed by atoms with Crippen LogP contribution in [0.15, 0.2) is 18.3 Å². The van der Waals surface area contributed by atoms with E-state index in [2.05, 4.69) is 9.88 Å². The van der Waals surface area contributed by atoms with Crippen molar-refractivity contribution >= 4 is 5.69 Å². The van der Waals surface area contributed by atoms with Gasteiger partial charge in [-0.25, -0.2) is 0 Å². The van der Waals surface area contributed by atoms with Crippen LogP contribution in [0.1, 0.15) is 44.9 Å².